The average molecular weight is 332 g/mol. The number of fused-ring (bicyclic) bond motifs is 1. The Morgan fingerprint density at radius 1 is 1.17 bits per heavy atom. The molecule has 1 amide bonds. The van der Waals surface area contributed by atoms with Crippen molar-refractivity contribution < 1.29 is 13.2 Å². The van der Waals surface area contributed by atoms with E-state index in [1.807, 2.05) is 32.0 Å². The van der Waals surface area contributed by atoms with Gasteiger partial charge < -0.3 is 5.32 Å². The smallest absolute Gasteiger partial charge is 0.252 e. The first-order valence-corrected chi connectivity index (χ1v) is 9.55. The van der Waals surface area contributed by atoms with E-state index < -0.39 is 9.84 Å². The molecule has 1 aliphatic rings. The van der Waals surface area contributed by atoms with Crippen molar-refractivity contribution in [1.82, 2.24) is 10.3 Å². The van der Waals surface area contributed by atoms with Gasteiger partial charge in [-0.15, -0.1) is 0 Å². The number of carbonyl (C=O) groups is 1. The van der Waals surface area contributed by atoms with Crippen LogP contribution in [0.3, 0.4) is 0 Å². The van der Waals surface area contributed by atoms with E-state index in [0.717, 1.165) is 22.2 Å². The van der Waals surface area contributed by atoms with Crippen molar-refractivity contribution in [3.8, 4) is 0 Å². The van der Waals surface area contributed by atoms with Crippen molar-refractivity contribution in [2.24, 2.45) is 0 Å². The molecule has 1 aromatic heterocycles. The Kier molecular flexibility index (Phi) is 4.10. The minimum absolute atomic E-state index is 0.0839. The van der Waals surface area contributed by atoms with Gasteiger partial charge in [0.1, 0.15) is 9.84 Å². The van der Waals surface area contributed by atoms with Crippen molar-refractivity contribution in [1.29, 1.82) is 0 Å². The molecule has 0 unspecified atom stereocenters. The van der Waals surface area contributed by atoms with Gasteiger partial charge in [-0.3, -0.25) is 9.78 Å². The van der Waals surface area contributed by atoms with E-state index in [1.54, 1.807) is 6.07 Å². The Hall–Kier alpha value is -1.95. The Morgan fingerprint density at radius 3 is 2.57 bits per heavy atom. The summed E-state index contributed by atoms with van der Waals surface area (Å²) in [4.78, 5) is 17.1. The summed E-state index contributed by atoms with van der Waals surface area (Å²) in [5.41, 5.74) is 3.26. The third kappa shape index (κ3) is 3.52. The van der Waals surface area contributed by atoms with Gasteiger partial charge in [0.2, 0.25) is 0 Å². The number of pyridine rings is 1. The first kappa shape index (κ1) is 15.9. The van der Waals surface area contributed by atoms with E-state index in [9.17, 15) is 13.2 Å². The SMILES string of the molecule is Cc1ccc2nc(C)cc(C(=O)NC3CCS(=O)(=O)CC3)c2c1. The molecule has 1 aliphatic heterocycles. The molecule has 0 aliphatic carbocycles. The van der Waals surface area contributed by atoms with Crippen LogP contribution in [-0.2, 0) is 9.84 Å². The number of carbonyl (C=O) groups excluding carboxylic acids is 1. The lowest BCUT2D eigenvalue weighted by atomic mass is 10.0. The maximum Gasteiger partial charge on any atom is 0.252 e. The second-order valence-electron chi connectivity index (χ2n) is 6.23. The fourth-order valence-corrected chi connectivity index (χ4v) is 4.45. The van der Waals surface area contributed by atoms with Crippen molar-refractivity contribution >= 4 is 26.6 Å². The van der Waals surface area contributed by atoms with Crippen LogP contribution in [0.2, 0.25) is 0 Å². The number of hydrogen-bond acceptors (Lipinski definition) is 4. The lowest BCUT2D eigenvalue weighted by Crippen LogP contribution is -2.40. The highest BCUT2D eigenvalue weighted by Gasteiger charge is 2.25. The van der Waals surface area contributed by atoms with Gasteiger partial charge in [-0.1, -0.05) is 11.6 Å². The lowest BCUT2D eigenvalue weighted by Gasteiger charge is -2.23. The molecule has 0 radical (unpaired) electrons. The zero-order valence-corrected chi connectivity index (χ0v) is 14.1. The molecule has 1 saturated heterocycles. The van der Waals surface area contributed by atoms with Crippen LogP contribution in [0, 0.1) is 13.8 Å². The van der Waals surface area contributed by atoms with Gasteiger partial charge in [0.05, 0.1) is 22.6 Å². The summed E-state index contributed by atoms with van der Waals surface area (Å²) in [6.07, 6.45) is 0.962. The number of nitrogens with one attached hydrogen (secondary N) is 1. The van der Waals surface area contributed by atoms with Crippen LogP contribution in [-0.4, -0.2) is 36.9 Å². The van der Waals surface area contributed by atoms with Crippen LogP contribution >= 0.6 is 0 Å². The van der Waals surface area contributed by atoms with Crippen LogP contribution in [0.15, 0.2) is 24.3 Å². The number of amides is 1. The number of aromatic nitrogens is 1. The summed E-state index contributed by atoms with van der Waals surface area (Å²) >= 11 is 0. The molecule has 1 aromatic carbocycles. The van der Waals surface area contributed by atoms with Gasteiger partial charge in [-0.25, -0.2) is 8.42 Å². The standard InChI is InChI=1S/C17H20N2O3S/c1-11-3-4-16-14(9-11)15(10-12(2)18-16)17(20)19-13-5-7-23(21,22)8-6-13/h3-4,9-10,13H,5-8H2,1-2H3,(H,19,20). The van der Waals surface area contributed by atoms with Gasteiger partial charge >= 0.3 is 0 Å². The molecule has 5 nitrogen and oxygen atoms in total. The highest BCUT2D eigenvalue weighted by Crippen LogP contribution is 2.21. The Balaban J connectivity index is 1.88. The van der Waals surface area contributed by atoms with Crippen molar-refractivity contribution in [2.75, 3.05) is 11.5 Å². The molecule has 23 heavy (non-hydrogen) atoms. The number of nitrogens with zero attached hydrogens (tertiary/aromatic N) is 1. The Labute approximate surface area is 136 Å². The minimum Gasteiger partial charge on any atom is -0.349 e. The molecule has 2 aromatic rings. The van der Waals surface area contributed by atoms with E-state index in [2.05, 4.69) is 10.3 Å². The molecule has 2 heterocycles. The third-order valence-electron chi connectivity index (χ3n) is 4.23. The van der Waals surface area contributed by atoms with Gasteiger partial charge in [-0.05, 0) is 44.9 Å². The van der Waals surface area contributed by atoms with E-state index in [0.29, 0.717) is 18.4 Å². The predicted octanol–water partition coefficient (Wildman–Crippen LogP) is 2.16. The third-order valence-corrected chi connectivity index (χ3v) is 5.94. The predicted molar refractivity (Wildman–Crippen MR) is 90.4 cm³/mol. The fourth-order valence-electron chi connectivity index (χ4n) is 2.96. The summed E-state index contributed by atoms with van der Waals surface area (Å²) in [5.74, 6) is 0.135. The van der Waals surface area contributed by atoms with Gasteiger partial charge in [0.15, 0.2) is 0 Å². The normalized spacial score (nSPS) is 18.0. The van der Waals surface area contributed by atoms with Crippen molar-refractivity contribution in [3.63, 3.8) is 0 Å². The molecule has 122 valence electrons. The van der Waals surface area contributed by atoms with Crippen molar-refractivity contribution in [3.05, 3.63) is 41.1 Å². The van der Waals surface area contributed by atoms with E-state index >= 15 is 0 Å². The summed E-state index contributed by atoms with van der Waals surface area (Å²) in [6.45, 7) is 3.84. The summed E-state index contributed by atoms with van der Waals surface area (Å²) in [7, 11) is -2.92. The quantitative estimate of drug-likeness (QED) is 0.914. The zero-order chi connectivity index (χ0) is 16.6. The molecule has 6 heteroatoms. The molecule has 1 fully saturated rings. The number of hydrogen-bond donors (Lipinski definition) is 1. The molecule has 0 atom stereocenters. The van der Waals surface area contributed by atoms with Crippen LogP contribution in [0.4, 0.5) is 0 Å². The van der Waals surface area contributed by atoms with Crippen LogP contribution in [0.25, 0.3) is 10.9 Å². The van der Waals surface area contributed by atoms with Crippen LogP contribution < -0.4 is 5.32 Å². The summed E-state index contributed by atoms with van der Waals surface area (Å²) < 4.78 is 23.0. The highest BCUT2D eigenvalue weighted by molar-refractivity contribution is 7.91. The van der Waals surface area contributed by atoms with Crippen LogP contribution in [0.1, 0.15) is 34.5 Å². The lowest BCUT2D eigenvalue weighted by molar-refractivity contribution is 0.0936. The molecule has 0 spiro atoms. The Morgan fingerprint density at radius 2 is 1.87 bits per heavy atom. The second-order valence-corrected chi connectivity index (χ2v) is 8.53. The van der Waals surface area contributed by atoms with E-state index in [1.165, 1.54) is 0 Å². The fraction of sp³-hybridized carbons (Fsp3) is 0.412. The first-order valence-electron chi connectivity index (χ1n) is 7.73. The van der Waals surface area contributed by atoms with E-state index in [-0.39, 0.29) is 23.5 Å². The van der Waals surface area contributed by atoms with Gasteiger partial charge in [0.25, 0.3) is 5.91 Å². The van der Waals surface area contributed by atoms with E-state index in [4.69, 9.17) is 0 Å². The molecule has 0 bridgehead atoms. The zero-order valence-electron chi connectivity index (χ0n) is 13.3. The largest absolute Gasteiger partial charge is 0.349 e. The molecular formula is C17H20N2O3S. The van der Waals surface area contributed by atoms with Gasteiger partial charge in [-0.2, -0.15) is 0 Å². The summed E-state index contributed by atoms with van der Waals surface area (Å²) in [5, 5.41) is 3.81. The Bertz CT molecular complexity index is 861. The molecule has 1 N–H and O–H groups in total. The maximum absolute atomic E-state index is 12.7. The molecular weight excluding hydrogens is 312 g/mol. The minimum atomic E-state index is -2.92. The first-order chi connectivity index (χ1) is 10.8. The summed E-state index contributed by atoms with van der Waals surface area (Å²) in [6, 6.07) is 7.56. The second kappa shape index (κ2) is 5.92. The highest BCUT2D eigenvalue weighted by atomic mass is 32.2. The monoisotopic (exact) mass is 332 g/mol. The number of aryl methyl sites for hydroxylation is 2. The van der Waals surface area contributed by atoms with Crippen molar-refractivity contribution in [2.45, 2.75) is 32.7 Å². The molecule has 0 saturated carbocycles. The average Bonchev–Trinajstić information content (AvgIpc) is 2.49. The topological polar surface area (TPSA) is 76.1 Å². The number of sulfone groups is 1. The molecule has 3 rings (SSSR count). The van der Waals surface area contributed by atoms with Gasteiger partial charge in [0, 0.05) is 17.1 Å². The number of rotatable bonds is 2. The van der Waals surface area contributed by atoms with Crippen LogP contribution in [0.5, 0.6) is 0 Å². The maximum atomic E-state index is 12.7. The number of benzene rings is 1.